The van der Waals surface area contributed by atoms with Crippen LogP contribution in [0.25, 0.3) is 11.1 Å². The van der Waals surface area contributed by atoms with E-state index in [4.69, 9.17) is 14.2 Å². The van der Waals surface area contributed by atoms with E-state index in [9.17, 15) is 14.4 Å². The normalized spacial score (nSPS) is 9.96. The van der Waals surface area contributed by atoms with Crippen LogP contribution in [0, 0.1) is 0 Å². The summed E-state index contributed by atoms with van der Waals surface area (Å²) in [6.45, 7) is 3.72. The zero-order valence-electron chi connectivity index (χ0n) is 13.5. The van der Waals surface area contributed by atoms with Gasteiger partial charge < -0.3 is 14.2 Å². The quantitative estimate of drug-likeness (QED) is 0.634. The molecule has 0 unspecified atom stereocenters. The lowest BCUT2D eigenvalue weighted by molar-refractivity contribution is -0.134. The van der Waals surface area contributed by atoms with E-state index in [0.29, 0.717) is 5.56 Å². The summed E-state index contributed by atoms with van der Waals surface area (Å²) in [5, 5.41) is 0. The van der Waals surface area contributed by atoms with Gasteiger partial charge in [0.1, 0.15) is 5.75 Å². The molecule has 0 bridgehead atoms. The number of benzene rings is 2. The predicted octanol–water partition coefficient (Wildman–Crippen LogP) is 3.13. The summed E-state index contributed by atoms with van der Waals surface area (Å²) in [7, 11) is 0. The maximum atomic E-state index is 11.4. The maximum Gasteiger partial charge on any atom is 0.308 e. The van der Waals surface area contributed by atoms with Crippen molar-refractivity contribution in [3.8, 4) is 28.4 Å². The number of rotatable bonds is 4. The third kappa shape index (κ3) is 4.42. The number of carbonyl (C=O) groups is 3. The van der Waals surface area contributed by atoms with Crippen LogP contribution >= 0.6 is 0 Å². The van der Waals surface area contributed by atoms with Crippen molar-refractivity contribution in [1.82, 2.24) is 0 Å². The van der Waals surface area contributed by atoms with Crippen LogP contribution in [-0.4, -0.2) is 17.9 Å². The molecular formula is C18H16O6. The van der Waals surface area contributed by atoms with Crippen molar-refractivity contribution in [2.24, 2.45) is 0 Å². The monoisotopic (exact) mass is 328 g/mol. The van der Waals surface area contributed by atoms with Gasteiger partial charge in [-0.3, -0.25) is 14.4 Å². The predicted molar refractivity (Wildman–Crippen MR) is 85.8 cm³/mol. The molecular weight excluding hydrogens is 312 g/mol. The molecule has 0 N–H and O–H groups in total. The van der Waals surface area contributed by atoms with Crippen molar-refractivity contribution in [1.29, 1.82) is 0 Å². The minimum absolute atomic E-state index is 0.00590. The molecule has 0 atom stereocenters. The molecule has 0 radical (unpaired) electrons. The van der Waals surface area contributed by atoms with E-state index < -0.39 is 17.9 Å². The van der Waals surface area contributed by atoms with Crippen molar-refractivity contribution in [3.63, 3.8) is 0 Å². The Morgan fingerprint density at radius 2 is 1.12 bits per heavy atom. The summed E-state index contributed by atoms with van der Waals surface area (Å²) in [5.74, 6) is -1.43. The van der Waals surface area contributed by atoms with Crippen LogP contribution in [0.4, 0.5) is 0 Å². The fourth-order valence-corrected chi connectivity index (χ4v) is 2.09. The van der Waals surface area contributed by atoms with Crippen LogP contribution in [0.15, 0.2) is 42.5 Å². The topological polar surface area (TPSA) is 78.9 Å². The zero-order chi connectivity index (χ0) is 17.7. The third-order valence-electron chi connectivity index (χ3n) is 2.89. The summed E-state index contributed by atoms with van der Waals surface area (Å²) in [5.41, 5.74) is 1.27. The van der Waals surface area contributed by atoms with Crippen molar-refractivity contribution >= 4 is 17.9 Å². The first-order valence-corrected chi connectivity index (χ1v) is 7.15. The third-order valence-corrected chi connectivity index (χ3v) is 2.89. The zero-order valence-corrected chi connectivity index (χ0v) is 13.5. The second-order valence-electron chi connectivity index (χ2n) is 4.94. The molecule has 0 saturated heterocycles. The first kappa shape index (κ1) is 17.2. The minimum Gasteiger partial charge on any atom is -0.426 e. The van der Waals surface area contributed by atoms with Gasteiger partial charge in [0.05, 0.1) is 0 Å². The van der Waals surface area contributed by atoms with Gasteiger partial charge in [0.2, 0.25) is 0 Å². The molecule has 2 aromatic rings. The summed E-state index contributed by atoms with van der Waals surface area (Å²) in [6.07, 6.45) is 0. The van der Waals surface area contributed by atoms with Gasteiger partial charge in [-0.15, -0.1) is 0 Å². The Morgan fingerprint density at radius 3 is 1.62 bits per heavy atom. The van der Waals surface area contributed by atoms with Crippen LogP contribution in [-0.2, 0) is 14.4 Å². The highest BCUT2D eigenvalue weighted by Crippen LogP contribution is 2.40. The summed E-state index contributed by atoms with van der Waals surface area (Å²) in [6, 6.07) is 11.9. The second kappa shape index (κ2) is 7.41. The van der Waals surface area contributed by atoms with Crippen molar-refractivity contribution < 1.29 is 28.6 Å². The molecule has 0 aliphatic carbocycles. The van der Waals surface area contributed by atoms with Crippen LogP contribution < -0.4 is 14.2 Å². The van der Waals surface area contributed by atoms with Gasteiger partial charge in [-0.05, 0) is 11.6 Å². The molecule has 6 nitrogen and oxygen atoms in total. The molecule has 24 heavy (non-hydrogen) atoms. The van der Waals surface area contributed by atoms with Gasteiger partial charge in [-0.25, -0.2) is 0 Å². The molecule has 2 aromatic carbocycles. The summed E-state index contributed by atoms with van der Waals surface area (Å²) in [4.78, 5) is 34.0. The van der Waals surface area contributed by atoms with Gasteiger partial charge in [-0.1, -0.05) is 30.3 Å². The molecule has 0 saturated carbocycles. The Balaban J connectivity index is 2.64. The lowest BCUT2D eigenvalue weighted by atomic mass is 10.0. The molecule has 0 fully saturated rings. The van der Waals surface area contributed by atoms with E-state index in [0.717, 1.165) is 5.56 Å². The lowest BCUT2D eigenvalue weighted by Crippen LogP contribution is -2.09. The molecule has 0 heterocycles. The summed E-state index contributed by atoms with van der Waals surface area (Å²) < 4.78 is 15.4. The van der Waals surface area contributed by atoms with Crippen LogP contribution in [0.5, 0.6) is 17.2 Å². The highest BCUT2D eigenvalue weighted by atomic mass is 16.6. The maximum absolute atomic E-state index is 11.4. The Labute approximate surface area is 139 Å². The molecule has 2 rings (SSSR count). The highest BCUT2D eigenvalue weighted by Gasteiger charge is 2.18. The number of hydrogen-bond acceptors (Lipinski definition) is 6. The molecule has 0 amide bonds. The van der Waals surface area contributed by atoms with Gasteiger partial charge in [-0.2, -0.15) is 0 Å². The van der Waals surface area contributed by atoms with E-state index in [2.05, 4.69) is 0 Å². The SMILES string of the molecule is CC(=O)Oc1cc(OC(C)=O)c(-c2ccccc2)cc1OC(C)=O. The van der Waals surface area contributed by atoms with E-state index in [1.165, 1.54) is 32.9 Å². The smallest absolute Gasteiger partial charge is 0.308 e. The average molecular weight is 328 g/mol. The number of hydrogen-bond donors (Lipinski definition) is 0. The molecule has 124 valence electrons. The van der Waals surface area contributed by atoms with Gasteiger partial charge in [0.25, 0.3) is 0 Å². The number of ether oxygens (including phenoxy) is 3. The standard InChI is InChI=1S/C18H16O6/c1-11(19)22-16-10-18(24-13(3)21)17(23-12(2)20)9-15(16)14-7-5-4-6-8-14/h4-10H,1-3H3. The van der Waals surface area contributed by atoms with Crippen molar-refractivity contribution in [2.45, 2.75) is 20.8 Å². The average Bonchev–Trinajstić information content (AvgIpc) is 2.49. The van der Waals surface area contributed by atoms with Gasteiger partial charge >= 0.3 is 17.9 Å². The molecule has 6 heteroatoms. The highest BCUT2D eigenvalue weighted by molar-refractivity contribution is 5.82. The fourth-order valence-electron chi connectivity index (χ4n) is 2.09. The molecule has 0 spiro atoms. The van der Waals surface area contributed by atoms with Crippen molar-refractivity contribution in [2.75, 3.05) is 0 Å². The lowest BCUT2D eigenvalue weighted by Gasteiger charge is -2.15. The second-order valence-corrected chi connectivity index (χ2v) is 4.94. The summed E-state index contributed by atoms with van der Waals surface area (Å²) >= 11 is 0. The van der Waals surface area contributed by atoms with Gasteiger partial charge in [0, 0.05) is 32.4 Å². The van der Waals surface area contributed by atoms with E-state index >= 15 is 0 Å². The van der Waals surface area contributed by atoms with Crippen LogP contribution in [0.2, 0.25) is 0 Å². The Bertz CT molecular complexity index is 780. The van der Waals surface area contributed by atoms with E-state index in [1.807, 2.05) is 30.3 Å². The Hall–Kier alpha value is -3.15. The first-order valence-electron chi connectivity index (χ1n) is 7.15. The first-order chi connectivity index (χ1) is 11.4. The number of carbonyl (C=O) groups excluding carboxylic acids is 3. The fraction of sp³-hybridized carbons (Fsp3) is 0.167. The molecule has 0 aliphatic rings. The van der Waals surface area contributed by atoms with Crippen LogP contribution in [0.3, 0.4) is 0 Å². The van der Waals surface area contributed by atoms with E-state index in [1.54, 1.807) is 0 Å². The van der Waals surface area contributed by atoms with E-state index in [-0.39, 0.29) is 17.2 Å². The molecule has 0 aliphatic heterocycles. The minimum atomic E-state index is -0.593. The largest absolute Gasteiger partial charge is 0.426 e. The number of esters is 3. The molecule has 0 aromatic heterocycles. The Morgan fingerprint density at radius 1 is 0.667 bits per heavy atom. The van der Waals surface area contributed by atoms with Crippen LogP contribution in [0.1, 0.15) is 20.8 Å². The Kier molecular flexibility index (Phi) is 5.31. The van der Waals surface area contributed by atoms with Gasteiger partial charge in [0.15, 0.2) is 11.5 Å². The van der Waals surface area contributed by atoms with Crippen molar-refractivity contribution in [3.05, 3.63) is 42.5 Å².